The smallest absolute Gasteiger partial charge is 0.199 e. The highest BCUT2D eigenvalue weighted by Crippen LogP contribution is 2.61. The summed E-state index contributed by atoms with van der Waals surface area (Å²) >= 11 is 2.24. The van der Waals surface area contributed by atoms with E-state index in [0.29, 0.717) is 0 Å². The van der Waals surface area contributed by atoms with Crippen LogP contribution in [0.5, 0.6) is 0 Å². The molecule has 1 aliphatic heterocycles. The van der Waals surface area contributed by atoms with Crippen LogP contribution in [0.2, 0.25) is 0 Å². The second-order valence-corrected chi connectivity index (χ2v) is 7.57. The molecule has 1 spiro atoms. The SMILES string of the molecule is O=C(/C(I)=C1/CCCC[C@]12O[C@H]2c1ccccc1)c1ccccc1. The molecule has 2 nitrogen and oxygen atoms in total. The monoisotopic (exact) mass is 430 g/mol. The molecule has 24 heavy (non-hydrogen) atoms. The lowest BCUT2D eigenvalue weighted by Crippen LogP contribution is -2.23. The number of Topliss-reactive ketones (excluding diaryl/α,β-unsaturated/α-hetero) is 1. The molecular formula is C21H19IO2. The number of hydrogen-bond acceptors (Lipinski definition) is 2. The van der Waals surface area contributed by atoms with E-state index in [0.717, 1.165) is 34.8 Å². The van der Waals surface area contributed by atoms with Gasteiger partial charge in [-0.05, 0) is 59.4 Å². The first-order chi connectivity index (χ1) is 11.7. The maximum atomic E-state index is 12.9. The van der Waals surface area contributed by atoms with Crippen molar-refractivity contribution < 1.29 is 9.53 Å². The molecule has 1 saturated heterocycles. The van der Waals surface area contributed by atoms with Crippen molar-refractivity contribution in [1.29, 1.82) is 0 Å². The summed E-state index contributed by atoms with van der Waals surface area (Å²) < 4.78 is 7.08. The number of carbonyl (C=O) groups is 1. The Labute approximate surface area is 156 Å². The Morgan fingerprint density at radius 3 is 2.38 bits per heavy atom. The van der Waals surface area contributed by atoms with Gasteiger partial charge in [0.05, 0.1) is 3.58 Å². The van der Waals surface area contributed by atoms with Crippen molar-refractivity contribution >= 4 is 28.4 Å². The summed E-state index contributed by atoms with van der Waals surface area (Å²) in [6, 6.07) is 19.9. The highest BCUT2D eigenvalue weighted by Gasteiger charge is 2.60. The van der Waals surface area contributed by atoms with Crippen LogP contribution in [0.15, 0.2) is 69.8 Å². The zero-order valence-electron chi connectivity index (χ0n) is 13.4. The number of hydrogen-bond donors (Lipinski definition) is 0. The highest BCUT2D eigenvalue weighted by molar-refractivity contribution is 14.1. The second-order valence-electron chi connectivity index (χ2n) is 6.49. The predicted molar refractivity (Wildman–Crippen MR) is 103 cm³/mol. The molecule has 0 bridgehead atoms. The van der Waals surface area contributed by atoms with Crippen LogP contribution >= 0.6 is 22.6 Å². The zero-order chi connectivity index (χ0) is 16.6. The van der Waals surface area contributed by atoms with Crippen LogP contribution in [0.4, 0.5) is 0 Å². The molecule has 2 fully saturated rings. The molecule has 2 aromatic carbocycles. The summed E-state index contributed by atoms with van der Waals surface area (Å²) in [5.74, 6) is 0.120. The average molecular weight is 430 g/mol. The summed E-state index contributed by atoms with van der Waals surface area (Å²) in [6.07, 6.45) is 4.37. The van der Waals surface area contributed by atoms with Gasteiger partial charge in [-0.15, -0.1) is 0 Å². The van der Waals surface area contributed by atoms with Crippen molar-refractivity contribution in [2.75, 3.05) is 0 Å². The van der Waals surface area contributed by atoms with E-state index < -0.39 is 0 Å². The van der Waals surface area contributed by atoms with Gasteiger partial charge in [0.2, 0.25) is 0 Å². The Hall–Kier alpha value is -1.46. The van der Waals surface area contributed by atoms with Crippen molar-refractivity contribution in [3.63, 3.8) is 0 Å². The number of benzene rings is 2. The fourth-order valence-corrected chi connectivity index (χ4v) is 4.80. The first-order valence-electron chi connectivity index (χ1n) is 8.44. The number of carbonyl (C=O) groups excluding carboxylic acids is 1. The van der Waals surface area contributed by atoms with Crippen LogP contribution in [0.3, 0.4) is 0 Å². The van der Waals surface area contributed by atoms with Gasteiger partial charge in [0, 0.05) is 5.56 Å². The van der Waals surface area contributed by atoms with Gasteiger partial charge in [0.25, 0.3) is 0 Å². The topological polar surface area (TPSA) is 29.6 Å². The molecule has 4 rings (SSSR count). The Morgan fingerprint density at radius 1 is 1.00 bits per heavy atom. The fourth-order valence-electron chi connectivity index (χ4n) is 3.76. The standard InChI is InChI=1S/C21H19IO2/c22-18(19(23)15-9-3-1-4-10-15)17-13-7-8-14-21(17)20(24-21)16-11-5-2-6-12-16/h1-6,9-12,20H,7-8,13-14H2/b18-17+/t20-,21-/m0/s1. The zero-order valence-corrected chi connectivity index (χ0v) is 15.5. The van der Waals surface area contributed by atoms with E-state index in [1.807, 2.05) is 36.4 Å². The Bertz CT molecular complexity index is 782. The lowest BCUT2D eigenvalue weighted by atomic mass is 9.79. The Balaban J connectivity index is 1.69. The van der Waals surface area contributed by atoms with E-state index in [9.17, 15) is 4.79 Å². The molecule has 0 unspecified atom stereocenters. The van der Waals surface area contributed by atoms with Crippen LogP contribution in [0.1, 0.15) is 47.7 Å². The minimum absolute atomic E-state index is 0.0994. The number of allylic oxidation sites excluding steroid dienone is 1. The van der Waals surface area contributed by atoms with Crippen molar-refractivity contribution in [3.05, 3.63) is 80.9 Å². The van der Waals surface area contributed by atoms with Crippen molar-refractivity contribution in [2.45, 2.75) is 37.4 Å². The van der Waals surface area contributed by atoms with Gasteiger partial charge in [-0.1, -0.05) is 60.7 Å². The van der Waals surface area contributed by atoms with E-state index >= 15 is 0 Å². The Kier molecular flexibility index (Phi) is 4.31. The van der Waals surface area contributed by atoms with Crippen LogP contribution < -0.4 is 0 Å². The molecule has 0 radical (unpaired) electrons. The number of halogens is 1. The van der Waals surface area contributed by atoms with Crippen LogP contribution in [0, 0.1) is 0 Å². The van der Waals surface area contributed by atoms with Gasteiger partial charge in [0.15, 0.2) is 5.78 Å². The Morgan fingerprint density at radius 2 is 1.67 bits per heavy atom. The molecule has 1 saturated carbocycles. The third-order valence-corrected chi connectivity index (χ3v) is 6.17. The molecule has 1 aliphatic carbocycles. The fraction of sp³-hybridized carbons (Fsp3) is 0.286. The minimum atomic E-state index is -0.249. The van der Waals surface area contributed by atoms with Crippen molar-refractivity contribution in [1.82, 2.24) is 0 Å². The summed E-state index contributed by atoms with van der Waals surface area (Å²) in [4.78, 5) is 12.9. The molecule has 2 aromatic rings. The molecule has 0 N–H and O–H groups in total. The minimum Gasteiger partial charge on any atom is -0.356 e. The molecule has 3 heteroatoms. The van der Waals surface area contributed by atoms with Crippen LogP contribution in [-0.4, -0.2) is 11.4 Å². The lowest BCUT2D eigenvalue weighted by Gasteiger charge is -2.24. The highest BCUT2D eigenvalue weighted by atomic mass is 127. The van der Waals surface area contributed by atoms with Gasteiger partial charge in [-0.2, -0.15) is 0 Å². The molecule has 1 heterocycles. The second kappa shape index (κ2) is 6.45. The molecule has 0 amide bonds. The number of ketones is 1. The van der Waals surface area contributed by atoms with Gasteiger partial charge in [-0.3, -0.25) is 4.79 Å². The molecule has 122 valence electrons. The van der Waals surface area contributed by atoms with Crippen molar-refractivity contribution in [3.8, 4) is 0 Å². The van der Waals surface area contributed by atoms with Gasteiger partial charge < -0.3 is 4.74 Å². The quantitative estimate of drug-likeness (QED) is 0.273. The third-order valence-electron chi connectivity index (χ3n) is 5.03. The molecule has 2 aliphatic rings. The molecule has 0 aromatic heterocycles. The molecular weight excluding hydrogens is 411 g/mol. The molecule has 2 atom stereocenters. The van der Waals surface area contributed by atoms with E-state index in [1.165, 1.54) is 11.1 Å². The summed E-state index contributed by atoms with van der Waals surface area (Å²) in [5, 5.41) is 0. The van der Waals surface area contributed by atoms with E-state index in [2.05, 4.69) is 46.9 Å². The van der Waals surface area contributed by atoms with E-state index in [4.69, 9.17) is 4.74 Å². The van der Waals surface area contributed by atoms with Gasteiger partial charge in [-0.25, -0.2) is 0 Å². The van der Waals surface area contributed by atoms with Crippen molar-refractivity contribution in [2.24, 2.45) is 0 Å². The largest absolute Gasteiger partial charge is 0.356 e. The number of epoxide rings is 1. The summed E-state index contributed by atoms with van der Waals surface area (Å²) in [6.45, 7) is 0. The normalized spacial score (nSPS) is 27.8. The number of ether oxygens (including phenoxy) is 1. The maximum absolute atomic E-state index is 12.9. The maximum Gasteiger partial charge on any atom is 0.199 e. The lowest BCUT2D eigenvalue weighted by molar-refractivity contribution is 0.104. The van der Waals surface area contributed by atoms with Gasteiger partial charge >= 0.3 is 0 Å². The average Bonchev–Trinajstić information content (AvgIpc) is 3.36. The first kappa shape index (κ1) is 16.0. The number of rotatable bonds is 3. The van der Waals surface area contributed by atoms with Crippen LogP contribution in [0.25, 0.3) is 0 Å². The van der Waals surface area contributed by atoms with Crippen LogP contribution in [-0.2, 0) is 4.74 Å². The predicted octanol–water partition coefficient (Wildman–Crippen LogP) is 5.64. The first-order valence-corrected chi connectivity index (χ1v) is 9.52. The van der Waals surface area contributed by atoms with E-state index in [-0.39, 0.29) is 17.5 Å². The summed E-state index contributed by atoms with van der Waals surface area (Å²) in [7, 11) is 0. The summed E-state index contributed by atoms with van der Waals surface area (Å²) in [5.41, 5.74) is 2.93. The third kappa shape index (κ3) is 2.74. The van der Waals surface area contributed by atoms with Gasteiger partial charge in [0.1, 0.15) is 11.7 Å². The van der Waals surface area contributed by atoms with E-state index in [1.54, 1.807) is 0 Å².